The molecule has 0 heterocycles. The molecule has 0 aromatic heterocycles. The van der Waals surface area contributed by atoms with Crippen molar-refractivity contribution in [2.24, 2.45) is 5.41 Å². The van der Waals surface area contributed by atoms with E-state index in [1.165, 1.54) is 205 Å². The lowest BCUT2D eigenvalue weighted by atomic mass is 9.93. The molecule has 280 valence electrons. The van der Waals surface area contributed by atoms with E-state index in [-0.39, 0.29) is 0 Å². The number of aliphatic hydroxyl groups excluding tert-OH is 4. The van der Waals surface area contributed by atoms with Crippen LogP contribution in [0.15, 0.2) is 0 Å². The van der Waals surface area contributed by atoms with Crippen LogP contribution >= 0.6 is 0 Å². The first-order chi connectivity index (χ1) is 22.7. The summed E-state index contributed by atoms with van der Waals surface area (Å²) in [5.74, 6) is 0. The first-order valence-electron chi connectivity index (χ1n) is 20.7. The Morgan fingerprint density at radius 3 is 0.609 bits per heavy atom. The summed E-state index contributed by atoms with van der Waals surface area (Å²) in [6.07, 6.45) is 46.0. The Bertz CT molecular complexity index is 460. The molecule has 0 aromatic rings. The number of hydrogen-bond donors (Lipinski definition) is 4. The number of aliphatic hydroxyl groups is 4. The summed E-state index contributed by atoms with van der Waals surface area (Å²) in [6.45, 7) is 4.98. The maximum absolute atomic E-state index is 8.50. The molecule has 5 heteroatoms. The molecule has 0 radical (unpaired) electrons. The molecule has 0 rings (SSSR count). The quantitative estimate of drug-likeness (QED) is 0.0496. The van der Waals surface area contributed by atoms with E-state index >= 15 is 0 Å². The van der Waals surface area contributed by atoms with Crippen LogP contribution < -0.4 is 0 Å². The third-order valence-corrected chi connectivity index (χ3v) is 9.63. The number of ether oxygens (including phenoxy) is 1. The smallest absolute Gasteiger partial charge is 0.0627 e. The summed E-state index contributed by atoms with van der Waals surface area (Å²) in [4.78, 5) is 0. The Balaban J connectivity index is 0. The average molecular weight is 659 g/mol. The standard InChI is InChI=1S/C36H74O.C5H12O4/c1-3-5-7-9-11-13-15-17-19-21-23-25-27-29-31-33-35-37-36-34-32-30-28-26-24-22-20-18-16-14-12-10-8-6-4-2;6-1-5(2-7,3-8)4-9/h3-36H2,1-2H3;6-9H,1-4H2. The van der Waals surface area contributed by atoms with Crippen molar-refractivity contribution < 1.29 is 25.2 Å². The molecule has 4 N–H and O–H groups in total. The van der Waals surface area contributed by atoms with Crippen LogP contribution in [0.4, 0.5) is 0 Å². The monoisotopic (exact) mass is 659 g/mol. The van der Waals surface area contributed by atoms with Gasteiger partial charge >= 0.3 is 0 Å². The average Bonchev–Trinajstić information content (AvgIpc) is 3.08. The van der Waals surface area contributed by atoms with Gasteiger partial charge in [-0.3, -0.25) is 0 Å². The fourth-order valence-corrected chi connectivity index (χ4v) is 5.91. The van der Waals surface area contributed by atoms with Crippen LogP contribution in [0.25, 0.3) is 0 Å². The molecule has 0 aliphatic heterocycles. The summed E-state index contributed by atoms with van der Waals surface area (Å²) in [5, 5.41) is 34.0. The zero-order valence-corrected chi connectivity index (χ0v) is 31.6. The van der Waals surface area contributed by atoms with Gasteiger partial charge in [-0.15, -0.1) is 0 Å². The van der Waals surface area contributed by atoms with Gasteiger partial charge in [0.25, 0.3) is 0 Å². The van der Waals surface area contributed by atoms with E-state index in [0.717, 1.165) is 13.2 Å². The van der Waals surface area contributed by atoms with Gasteiger partial charge in [-0.05, 0) is 12.8 Å². The van der Waals surface area contributed by atoms with Gasteiger partial charge in [0, 0.05) is 13.2 Å². The minimum atomic E-state index is -1.11. The predicted molar refractivity (Wildman–Crippen MR) is 201 cm³/mol. The van der Waals surface area contributed by atoms with E-state index in [1.54, 1.807) is 0 Å². The molecule has 0 spiro atoms. The Morgan fingerprint density at radius 2 is 0.457 bits per heavy atom. The van der Waals surface area contributed by atoms with Gasteiger partial charge in [0.05, 0.1) is 31.8 Å². The van der Waals surface area contributed by atoms with E-state index in [0.29, 0.717) is 0 Å². The summed E-state index contributed by atoms with van der Waals surface area (Å²) in [6, 6.07) is 0. The second-order valence-electron chi connectivity index (χ2n) is 14.4. The number of unbranched alkanes of at least 4 members (excludes halogenated alkanes) is 30. The van der Waals surface area contributed by atoms with E-state index < -0.39 is 31.8 Å². The summed E-state index contributed by atoms with van der Waals surface area (Å²) < 4.78 is 5.87. The SMILES string of the molecule is CCCCCCCCCCCCCCCCCCOCCCCCCCCCCCCCCCCCC.OCC(CO)(CO)CO. The van der Waals surface area contributed by atoms with Crippen LogP contribution in [0, 0.1) is 5.41 Å². The van der Waals surface area contributed by atoms with Crippen LogP contribution in [0.3, 0.4) is 0 Å². The summed E-state index contributed by atoms with van der Waals surface area (Å²) in [5.41, 5.74) is -1.11. The van der Waals surface area contributed by atoms with E-state index in [9.17, 15) is 0 Å². The largest absolute Gasteiger partial charge is 0.396 e. The molecule has 0 bridgehead atoms. The van der Waals surface area contributed by atoms with Crippen molar-refractivity contribution in [2.75, 3.05) is 39.6 Å². The van der Waals surface area contributed by atoms with Crippen molar-refractivity contribution >= 4 is 0 Å². The highest BCUT2D eigenvalue weighted by Gasteiger charge is 2.26. The van der Waals surface area contributed by atoms with Crippen LogP contribution in [0.2, 0.25) is 0 Å². The Kier molecular flexibility index (Phi) is 44.6. The Morgan fingerprint density at radius 1 is 0.283 bits per heavy atom. The molecular formula is C41H86O5. The van der Waals surface area contributed by atoms with Gasteiger partial charge in [0.2, 0.25) is 0 Å². The van der Waals surface area contributed by atoms with Gasteiger partial charge in [0.15, 0.2) is 0 Å². The van der Waals surface area contributed by atoms with Crippen molar-refractivity contribution in [2.45, 2.75) is 219 Å². The fraction of sp³-hybridized carbons (Fsp3) is 1.00. The summed E-state index contributed by atoms with van der Waals surface area (Å²) >= 11 is 0. The molecule has 0 aliphatic carbocycles. The van der Waals surface area contributed by atoms with Crippen molar-refractivity contribution in [3.8, 4) is 0 Å². The highest BCUT2D eigenvalue weighted by molar-refractivity contribution is 4.75. The van der Waals surface area contributed by atoms with Crippen molar-refractivity contribution in [3.05, 3.63) is 0 Å². The van der Waals surface area contributed by atoms with Gasteiger partial charge in [0.1, 0.15) is 0 Å². The maximum atomic E-state index is 8.50. The highest BCUT2D eigenvalue weighted by atomic mass is 16.5. The fourth-order valence-electron chi connectivity index (χ4n) is 5.91. The van der Waals surface area contributed by atoms with Crippen LogP contribution in [-0.4, -0.2) is 60.1 Å². The lowest BCUT2D eigenvalue weighted by Crippen LogP contribution is -2.37. The normalized spacial score (nSPS) is 11.6. The third kappa shape index (κ3) is 38.2. The van der Waals surface area contributed by atoms with Gasteiger partial charge in [-0.25, -0.2) is 0 Å². The lowest BCUT2D eigenvalue weighted by Gasteiger charge is -2.23. The summed E-state index contributed by atoms with van der Waals surface area (Å²) in [7, 11) is 0. The van der Waals surface area contributed by atoms with Gasteiger partial charge < -0.3 is 25.2 Å². The predicted octanol–water partition coefficient (Wildman–Crippen LogP) is 11.5. The molecule has 0 unspecified atom stereocenters. The van der Waals surface area contributed by atoms with Crippen molar-refractivity contribution in [3.63, 3.8) is 0 Å². The Hall–Kier alpha value is -0.200. The minimum absolute atomic E-state index is 0.406. The number of hydrogen-bond acceptors (Lipinski definition) is 5. The van der Waals surface area contributed by atoms with E-state index in [1.807, 2.05) is 0 Å². The second-order valence-corrected chi connectivity index (χ2v) is 14.4. The van der Waals surface area contributed by atoms with Crippen LogP contribution in [0.5, 0.6) is 0 Å². The molecule has 0 aliphatic rings. The third-order valence-electron chi connectivity index (χ3n) is 9.63. The topological polar surface area (TPSA) is 90.2 Å². The first-order valence-corrected chi connectivity index (χ1v) is 20.7. The minimum Gasteiger partial charge on any atom is -0.396 e. The van der Waals surface area contributed by atoms with E-state index in [4.69, 9.17) is 25.2 Å². The molecule has 0 fully saturated rings. The van der Waals surface area contributed by atoms with Crippen molar-refractivity contribution in [1.29, 1.82) is 0 Å². The molecule has 0 aromatic carbocycles. The van der Waals surface area contributed by atoms with Gasteiger partial charge in [-0.2, -0.15) is 0 Å². The zero-order chi connectivity index (χ0) is 34.1. The van der Waals surface area contributed by atoms with Gasteiger partial charge in [-0.1, -0.05) is 206 Å². The molecular weight excluding hydrogens is 572 g/mol. The Labute approximate surface area is 289 Å². The highest BCUT2D eigenvalue weighted by Crippen LogP contribution is 2.16. The van der Waals surface area contributed by atoms with Crippen LogP contribution in [0.1, 0.15) is 219 Å². The van der Waals surface area contributed by atoms with Crippen LogP contribution in [-0.2, 0) is 4.74 Å². The maximum Gasteiger partial charge on any atom is 0.0627 e. The second kappa shape index (κ2) is 42.8. The molecule has 0 saturated carbocycles. The lowest BCUT2D eigenvalue weighted by molar-refractivity contribution is -0.0328. The van der Waals surface area contributed by atoms with Crippen molar-refractivity contribution in [1.82, 2.24) is 0 Å². The van der Waals surface area contributed by atoms with E-state index in [2.05, 4.69) is 13.8 Å². The molecule has 0 amide bonds. The molecule has 46 heavy (non-hydrogen) atoms. The molecule has 0 atom stereocenters. The molecule has 0 saturated heterocycles. The first kappa shape index (κ1) is 47.9. The number of rotatable bonds is 38. The molecule has 5 nitrogen and oxygen atoms in total. The zero-order valence-electron chi connectivity index (χ0n) is 31.6.